The van der Waals surface area contributed by atoms with Gasteiger partial charge in [0.15, 0.2) is 0 Å². The molecule has 0 bridgehead atoms. The molecule has 5 heteroatoms. The molecule has 63 heavy (non-hydrogen) atoms. The maximum absolute atomic E-state index is 5.50. The Morgan fingerprint density at radius 2 is 0.952 bits per heavy atom. The van der Waals surface area contributed by atoms with Crippen LogP contribution in [0.25, 0.3) is 60.4 Å². The van der Waals surface area contributed by atoms with Gasteiger partial charge in [-0.2, -0.15) is 4.99 Å². The van der Waals surface area contributed by atoms with Gasteiger partial charge >= 0.3 is 0 Å². The number of nitrogens with zero attached hydrogens (tertiary/aromatic N) is 4. The average molecular weight is 806 g/mol. The molecule has 13 rings (SSSR count). The summed E-state index contributed by atoms with van der Waals surface area (Å²) in [5.41, 5.74) is 14.5. The Morgan fingerprint density at radius 3 is 1.67 bits per heavy atom. The fraction of sp³-hybridized carbons (Fsp3) is 0.0345. The summed E-state index contributed by atoms with van der Waals surface area (Å²) in [5.74, 6) is 1.42. The van der Waals surface area contributed by atoms with Crippen molar-refractivity contribution in [2.75, 3.05) is 0 Å². The molecule has 3 heterocycles. The van der Waals surface area contributed by atoms with Crippen LogP contribution in [0.15, 0.2) is 234 Å². The summed E-state index contributed by atoms with van der Waals surface area (Å²) in [6.07, 6.45) is -0.357. The van der Waals surface area contributed by atoms with Gasteiger partial charge in [0.2, 0.25) is 5.96 Å². The second-order valence-corrected chi connectivity index (χ2v) is 16.6. The number of para-hydroxylation sites is 2. The fourth-order valence-corrected chi connectivity index (χ4v) is 10.6. The predicted octanol–water partition coefficient (Wildman–Crippen LogP) is 13.2. The van der Waals surface area contributed by atoms with Crippen molar-refractivity contribution in [3.8, 4) is 16.8 Å². The number of fused-ring (bicyclic) bond motifs is 9. The smallest absolute Gasteiger partial charge is 0.234 e. The molecule has 2 aliphatic rings. The molecule has 0 spiro atoms. The molecule has 5 nitrogen and oxygen atoms in total. The lowest BCUT2D eigenvalue weighted by atomic mass is 9.67. The van der Waals surface area contributed by atoms with Gasteiger partial charge in [-0.25, -0.2) is 4.99 Å². The number of amidine groups is 1. The van der Waals surface area contributed by atoms with Gasteiger partial charge in [0.05, 0.1) is 27.5 Å². The van der Waals surface area contributed by atoms with Gasteiger partial charge in [0.1, 0.15) is 12.0 Å². The van der Waals surface area contributed by atoms with Crippen LogP contribution in [0, 0.1) is 0 Å². The highest BCUT2D eigenvalue weighted by molar-refractivity contribution is 6.23. The summed E-state index contributed by atoms with van der Waals surface area (Å²) in [6, 6.07) is 81.1. The molecule has 1 atom stereocenters. The van der Waals surface area contributed by atoms with E-state index >= 15 is 0 Å². The first-order valence-electron chi connectivity index (χ1n) is 21.6. The zero-order chi connectivity index (χ0) is 41.5. The minimum Gasteiger partial charge on any atom is -0.344 e. The van der Waals surface area contributed by atoms with Gasteiger partial charge in [-0.05, 0) is 81.4 Å². The zero-order valence-corrected chi connectivity index (χ0v) is 34.2. The van der Waals surface area contributed by atoms with Gasteiger partial charge in [0.25, 0.3) is 0 Å². The second kappa shape index (κ2) is 13.9. The van der Waals surface area contributed by atoms with Crippen molar-refractivity contribution >= 4 is 55.4 Å². The highest BCUT2D eigenvalue weighted by Crippen LogP contribution is 2.57. The molecule has 1 aliphatic carbocycles. The molecule has 1 aliphatic heterocycles. The van der Waals surface area contributed by atoms with Gasteiger partial charge in [-0.15, -0.1) is 0 Å². The van der Waals surface area contributed by atoms with Gasteiger partial charge in [-0.3, -0.25) is 4.57 Å². The van der Waals surface area contributed by atoms with Gasteiger partial charge < -0.3 is 9.88 Å². The third-order valence-electron chi connectivity index (χ3n) is 13.2. The van der Waals surface area contributed by atoms with E-state index in [1.165, 1.54) is 49.7 Å². The summed E-state index contributed by atoms with van der Waals surface area (Å²) in [5, 5.41) is 8.35. The third kappa shape index (κ3) is 5.23. The van der Waals surface area contributed by atoms with Crippen molar-refractivity contribution in [2.45, 2.75) is 11.6 Å². The van der Waals surface area contributed by atoms with Crippen LogP contribution in [0.3, 0.4) is 0 Å². The minimum absolute atomic E-state index is 0.357. The van der Waals surface area contributed by atoms with Crippen molar-refractivity contribution in [1.29, 1.82) is 0 Å². The third-order valence-corrected chi connectivity index (χ3v) is 13.2. The SMILES string of the molecule is c1ccc(C2=NC(n3c4cc5c(cc4c4cc6c(cc43)c3ccccc3n6-c3ccccc3)C(c3ccccc3)(c3ccccc3)c3ccccc3-5)=NC(c3ccccc3)N2)cc1. The molecule has 296 valence electrons. The maximum Gasteiger partial charge on any atom is 0.234 e. The van der Waals surface area contributed by atoms with E-state index in [2.05, 4.69) is 233 Å². The Morgan fingerprint density at radius 1 is 0.413 bits per heavy atom. The molecule has 11 aromatic rings. The Kier molecular flexibility index (Phi) is 7.81. The zero-order valence-electron chi connectivity index (χ0n) is 34.2. The van der Waals surface area contributed by atoms with Crippen LogP contribution < -0.4 is 5.32 Å². The van der Waals surface area contributed by atoms with Crippen molar-refractivity contribution in [3.05, 3.63) is 258 Å². The van der Waals surface area contributed by atoms with Crippen LogP contribution in [-0.2, 0) is 5.41 Å². The number of aromatic nitrogens is 2. The highest BCUT2D eigenvalue weighted by Gasteiger charge is 2.46. The van der Waals surface area contributed by atoms with Crippen LogP contribution in [0.4, 0.5) is 0 Å². The number of rotatable bonds is 5. The molecule has 1 N–H and O–H groups in total. The van der Waals surface area contributed by atoms with Crippen LogP contribution in [-0.4, -0.2) is 20.9 Å². The number of benzene rings is 9. The van der Waals surface area contributed by atoms with Crippen molar-refractivity contribution in [2.24, 2.45) is 9.98 Å². The van der Waals surface area contributed by atoms with E-state index in [1.54, 1.807) is 0 Å². The normalized spacial score (nSPS) is 15.3. The Labute approximate surface area is 364 Å². The first-order chi connectivity index (χ1) is 31.3. The average Bonchev–Trinajstić information content (AvgIpc) is 3.97. The van der Waals surface area contributed by atoms with E-state index in [9.17, 15) is 0 Å². The summed E-state index contributed by atoms with van der Waals surface area (Å²) >= 11 is 0. The molecule has 1 unspecified atom stereocenters. The number of nitrogens with one attached hydrogen (secondary N) is 1. The van der Waals surface area contributed by atoms with Crippen LogP contribution in [0.2, 0.25) is 0 Å². The lowest BCUT2D eigenvalue weighted by molar-refractivity contribution is 0.668. The van der Waals surface area contributed by atoms with E-state index < -0.39 is 5.41 Å². The van der Waals surface area contributed by atoms with Crippen LogP contribution >= 0.6 is 0 Å². The van der Waals surface area contributed by atoms with E-state index in [1.807, 2.05) is 6.07 Å². The lowest BCUT2D eigenvalue weighted by Crippen LogP contribution is -2.35. The number of hydrogen-bond donors (Lipinski definition) is 1. The van der Waals surface area contributed by atoms with E-state index in [0.717, 1.165) is 50.0 Å². The standard InChI is InChI=1S/C58H39N5/c1-6-20-38(21-7-1)55-59-56(39-22-8-2-9-23-39)61-57(60-55)63-53-35-45-43-30-16-18-32-49(43)58(40-24-10-3-11-25-40,41-26-12-4-13-27-41)50(45)34-46(53)48-37-52-47(36-54(48)63)44-31-17-19-33-51(44)62(52)42-28-14-5-15-29-42/h1-37,55H,(H,59,60,61). The summed E-state index contributed by atoms with van der Waals surface area (Å²) in [4.78, 5) is 10.9. The summed E-state index contributed by atoms with van der Waals surface area (Å²) < 4.78 is 4.74. The fourth-order valence-electron chi connectivity index (χ4n) is 10.6. The summed E-state index contributed by atoms with van der Waals surface area (Å²) in [7, 11) is 0. The van der Waals surface area contributed by atoms with Crippen molar-refractivity contribution < 1.29 is 0 Å². The molecule has 0 saturated heterocycles. The van der Waals surface area contributed by atoms with Crippen LogP contribution in [0.5, 0.6) is 0 Å². The second-order valence-electron chi connectivity index (χ2n) is 16.6. The van der Waals surface area contributed by atoms with Gasteiger partial charge in [-0.1, -0.05) is 182 Å². The number of aliphatic imine (C=N–C) groups is 2. The van der Waals surface area contributed by atoms with E-state index in [-0.39, 0.29) is 6.17 Å². The maximum atomic E-state index is 5.50. The Balaban J connectivity index is 1.19. The lowest BCUT2D eigenvalue weighted by Gasteiger charge is -2.34. The Bertz CT molecular complexity index is 3580. The van der Waals surface area contributed by atoms with Crippen molar-refractivity contribution in [1.82, 2.24) is 14.5 Å². The van der Waals surface area contributed by atoms with Gasteiger partial charge in [0, 0.05) is 32.8 Å². The molecule has 2 aromatic heterocycles. The summed E-state index contributed by atoms with van der Waals surface area (Å²) in [6.45, 7) is 0. The molecule has 9 aromatic carbocycles. The largest absolute Gasteiger partial charge is 0.344 e. The molecule has 0 fully saturated rings. The first-order valence-corrected chi connectivity index (χ1v) is 21.6. The topological polar surface area (TPSA) is 46.6 Å². The molecular weight excluding hydrogens is 767 g/mol. The van der Waals surface area contributed by atoms with E-state index in [4.69, 9.17) is 9.98 Å². The molecular formula is C58H39N5. The number of hydrogen-bond acceptors (Lipinski definition) is 3. The first kappa shape index (κ1) is 35.5. The Hall–Kier alpha value is -8.28. The monoisotopic (exact) mass is 805 g/mol. The quantitative estimate of drug-likeness (QED) is 0.185. The van der Waals surface area contributed by atoms with Crippen molar-refractivity contribution in [3.63, 3.8) is 0 Å². The van der Waals surface area contributed by atoms with Crippen LogP contribution in [0.1, 0.15) is 39.5 Å². The van der Waals surface area contributed by atoms with E-state index in [0.29, 0.717) is 5.96 Å². The molecule has 0 radical (unpaired) electrons. The highest BCUT2D eigenvalue weighted by atomic mass is 15.3. The molecule has 0 saturated carbocycles. The predicted molar refractivity (Wildman–Crippen MR) is 259 cm³/mol. The minimum atomic E-state index is -0.552. The molecule has 0 amide bonds.